The molecule has 2 rings (SSSR count). The summed E-state index contributed by atoms with van der Waals surface area (Å²) in [6, 6.07) is 1.95. The summed E-state index contributed by atoms with van der Waals surface area (Å²) in [6.45, 7) is 4.43. The molecule has 2 aromatic heterocycles. The third kappa shape index (κ3) is 1.58. The molecule has 0 atom stereocenters. The van der Waals surface area contributed by atoms with Gasteiger partial charge < -0.3 is 0 Å². The van der Waals surface area contributed by atoms with E-state index >= 15 is 0 Å². The zero-order chi connectivity index (χ0) is 9.26. The second-order valence-corrected chi connectivity index (χ2v) is 2.95. The van der Waals surface area contributed by atoms with Crippen LogP contribution >= 0.6 is 0 Å². The molecule has 0 saturated carbocycles. The molecule has 0 amide bonds. The van der Waals surface area contributed by atoms with Crippen molar-refractivity contribution >= 4 is 0 Å². The maximum atomic E-state index is 4.58. The quantitative estimate of drug-likeness (QED) is 0.686. The van der Waals surface area contributed by atoms with Crippen LogP contribution in [-0.4, -0.2) is 20.1 Å². The van der Waals surface area contributed by atoms with E-state index in [2.05, 4.69) is 20.0 Å². The molecule has 2 heterocycles. The molecular formula is C8H10N4O. The molecule has 0 saturated heterocycles. The zero-order valence-corrected chi connectivity index (χ0v) is 7.56. The summed E-state index contributed by atoms with van der Waals surface area (Å²) in [5.41, 5.74) is 2.63. The molecule has 0 aromatic carbocycles. The SMILES string of the molecule is Cc1ccn(Cc2nonc2C)n1. The summed E-state index contributed by atoms with van der Waals surface area (Å²) >= 11 is 0. The van der Waals surface area contributed by atoms with Gasteiger partial charge in [-0.1, -0.05) is 10.3 Å². The molecule has 0 fully saturated rings. The van der Waals surface area contributed by atoms with Crippen molar-refractivity contribution in [3.8, 4) is 0 Å². The Hall–Kier alpha value is -1.65. The van der Waals surface area contributed by atoms with Crippen molar-refractivity contribution in [1.82, 2.24) is 20.1 Å². The Kier molecular flexibility index (Phi) is 1.84. The fourth-order valence-electron chi connectivity index (χ4n) is 1.10. The lowest BCUT2D eigenvalue weighted by Crippen LogP contribution is -2.02. The van der Waals surface area contributed by atoms with Crippen LogP contribution < -0.4 is 0 Å². The minimum atomic E-state index is 0.614. The van der Waals surface area contributed by atoms with Crippen molar-refractivity contribution in [3.05, 3.63) is 29.3 Å². The first kappa shape index (κ1) is 7.97. The third-order valence-electron chi connectivity index (χ3n) is 1.83. The lowest BCUT2D eigenvalue weighted by molar-refractivity contribution is 0.300. The van der Waals surface area contributed by atoms with Crippen molar-refractivity contribution in [2.75, 3.05) is 0 Å². The van der Waals surface area contributed by atoms with Gasteiger partial charge in [-0.15, -0.1) is 0 Å². The maximum Gasteiger partial charge on any atom is 0.129 e. The molecule has 0 unspecified atom stereocenters. The molecule has 2 aromatic rings. The van der Waals surface area contributed by atoms with Gasteiger partial charge in [0.15, 0.2) is 0 Å². The first-order chi connectivity index (χ1) is 6.25. The summed E-state index contributed by atoms with van der Waals surface area (Å²) in [5.74, 6) is 0. The van der Waals surface area contributed by atoms with E-state index < -0.39 is 0 Å². The van der Waals surface area contributed by atoms with Gasteiger partial charge in [0.25, 0.3) is 0 Å². The number of nitrogens with zero attached hydrogens (tertiary/aromatic N) is 4. The Morgan fingerprint density at radius 1 is 1.38 bits per heavy atom. The van der Waals surface area contributed by atoms with Crippen molar-refractivity contribution < 1.29 is 4.63 Å². The number of rotatable bonds is 2. The minimum Gasteiger partial charge on any atom is -0.266 e. The monoisotopic (exact) mass is 178 g/mol. The lowest BCUT2D eigenvalue weighted by atomic mass is 10.3. The van der Waals surface area contributed by atoms with Crippen molar-refractivity contribution in [2.45, 2.75) is 20.4 Å². The van der Waals surface area contributed by atoms with Crippen LogP contribution in [0.3, 0.4) is 0 Å². The average Bonchev–Trinajstić information content (AvgIpc) is 2.64. The van der Waals surface area contributed by atoms with E-state index in [4.69, 9.17) is 0 Å². The number of hydrogen-bond acceptors (Lipinski definition) is 4. The molecule has 0 aliphatic carbocycles. The molecule has 5 nitrogen and oxygen atoms in total. The van der Waals surface area contributed by atoms with Crippen molar-refractivity contribution in [1.29, 1.82) is 0 Å². The highest BCUT2D eigenvalue weighted by Gasteiger charge is 2.05. The molecule has 0 radical (unpaired) electrons. The van der Waals surface area contributed by atoms with E-state index in [1.165, 1.54) is 0 Å². The normalized spacial score (nSPS) is 10.6. The fourth-order valence-corrected chi connectivity index (χ4v) is 1.10. The van der Waals surface area contributed by atoms with E-state index in [9.17, 15) is 0 Å². The maximum absolute atomic E-state index is 4.58. The molecule has 5 heteroatoms. The Bertz CT molecular complexity index is 404. The molecular weight excluding hydrogens is 168 g/mol. The van der Waals surface area contributed by atoms with E-state index in [1.807, 2.05) is 30.8 Å². The third-order valence-corrected chi connectivity index (χ3v) is 1.83. The molecule has 0 N–H and O–H groups in total. The van der Waals surface area contributed by atoms with E-state index in [0.29, 0.717) is 6.54 Å². The highest BCUT2D eigenvalue weighted by molar-refractivity contribution is 5.06. The van der Waals surface area contributed by atoms with Crippen LogP contribution in [0.25, 0.3) is 0 Å². The van der Waals surface area contributed by atoms with Crippen LogP contribution in [0, 0.1) is 13.8 Å². The summed E-state index contributed by atoms with van der Waals surface area (Å²) in [6.07, 6.45) is 1.91. The van der Waals surface area contributed by atoms with Crippen molar-refractivity contribution in [3.63, 3.8) is 0 Å². The van der Waals surface area contributed by atoms with Gasteiger partial charge in [0, 0.05) is 6.20 Å². The Labute approximate surface area is 75.3 Å². The number of aryl methyl sites for hydroxylation is 2. The van der Waals surface area contributed by atoms with Crippen LogP contribution in [0.4, 0.5) is 0 Å². The Morgan fingerprint density at radius 2 is 2.23 bits per heavy atom. The van der Waals surface area contributed by atoms with Crippen molar-refractivity contribution in [2.24, 2.45) is 0 Å². The van der Waals surface area contributed by atoms with Crippen LogP contribution in [0.1, 0.15) is 17.1 Å². The molecule has 0 spiro atoms. The van der Waals surface area contributed by atoms with Gasteiger partial charge >= 0.3 is 0 Å². The Morgan fingerprint density at radius 3 is 2.77 bits per heavy atom. The standard InChI is InChI=1S/C8H10N4O/c1-6-3-4-12(9-6)5-8-7(2)10-13-11-8/h3-4H,5H2,1-2H3. The smallest absolute Gasteiger partial charge is 0.129 e. The van der Waals surface area contributed by atoms with Crippen LogP contribution in [0.15, 0.2) is 16.9 Å². The molecule has 13 heavy (non-hydrogen) atoms. The summed E-state index contributed by atoms with van der Waals surface area (Å²) < 4.78 is 6.39. The second kappa shape index (κ2) is 3.01. The van der Waals surface area contributed by atoms with Crippen LogP contribution in [0.2, 0.25) is 0 Å². The van der Waals surface area contributed by atoms with Gasteiger partial charge in [-0.2, -0.15) is 5.10 Å². The predicted molar refractivity (Wildman–Crippen MR) is 45.1 cm³/mol. The predicted octanol–water partition coefficient (Wildman–Crippen LogP) is 0.931. The summed E-state index contributed by atoms with van der Waals surface area (Å²) in [7, 11) is 0. The van der Waals surface area contributed by atoms with E-state index in [-0.39, 0.29) is 0 Å². The van der Waals surface area contributed by atoms with Gasteiger partial charge in [-0.25, -0.2) is 4.63 Å². The van der Waals surface area contributed by atoms with Gasteiger partial charge in [0.2, 0.25) is 0 Å². The fraction of sp³-hybridized carbons (Fsp3) is 0.375. The zero-order valence-electron chi connectivity index (χ0n) is 7.56. The van der Waals surface area contributed by atoms with Gasteiger partial charge in [0.1, 0.15) is 11.4 Å². The number of hydrogen-bond donors (Lipinski definition) is 0. The van der Waals surface area contributed by atoms with Crippen LogP contribution in [-0.2, 0) is 6.54 Å². The molecule has 0 aliphatic rings. The second-order valence-electron chi connectivity index (χ2n) is 2.95. The van der Waals surface area contributed by atoms with Gasteiger partial charge in [-0.05, 0) is 19.9 Å². The first-order valence-electron chi connectivity index (χ1n) is 4.04. The molecule has 0 bridgehead atoms. The largest absolute Gasteiger partial charge is 0.266 e. The van der Waals surface area contributed by atoms with Crippen LogP contribution in [0.5, 0.6) is 0 Å². The lowest BCUT2D eigenvalue weighted by Gasteiger charge is -1.95. The average molecular weight is 178 g/mol. The minimum absolute atomic E-state index is 0.614. The summed E-state index contributed by atoms with van der Waals surface area (Å²) in [4.78, 5) is 0. The van der Waals surface area contributed by atoms with E-state index in [0.717, 1.165) is 17.1 Å². The first-order valence-corrected chi connectivity index (χ1v) is 4.04. The molecule has 0 aliphatic heterocycles. The highest BCUT2D eigenvalue weighted by Crippen LogP contribution is 2.03. The molecule has 68 valence electrons. The topological polar surface area (TPSA) is 56.7 Å². The summed E-state index contributed by atoms with van der Waals surface area (Å²) in [5, 5.41) is 11.7. The number of aromatic nitrogens is 4. The Balaban J connectivity index is 2.19. The van der Waals surface area contributed by atoms with Gasteiger partial charge in [-0.3, -0.25) is 4.68 Å². The highest BCUT2D eigenvalue weighted by atomic mass is 16.6. The van der Waals surface area contributed by atoms with Gasteiger partial charge in [0.05, 0.1) is 12.2 Å². The van der Waals surface area contributed by atoms with E-state index in [1.54, 1.807) is 0 Å².